The van der Waals surface area contributed by atoms with Gasteiger partial charge in [0.05, 0.1) is 23.0 Å². The number of hydrogen-bond donors (Lipinski definition) is 1. The van der Waals surface area contributed by atoms with Gasteiger partial charge in [0.2, 0.25) is 0 Å². The second-order valence-corrected chi connectivity index (χ2v) is 12.5. The minimum Gasteiger partial charge on any atom is -0.478 e. The van der Waals surface area contributed by atoms with Crippen LogP contribution in [0.1, 0.15) is 16.1 Å². The van der Waals surface area contributed by atoms with E-state index < -0.39 is 14.0 Å². The van der Waals surface area contributed by atoms with Crippen LogP contribution < -0.4 is 0 Å². The Balaban J connectivity index is 0.000000196. The van der Waals surface area contributed by atoms with E-state index in [9.17, 15) is 9.18 Å². The van der Waals surface area contributed by atoms with Gasteiger partial charge >= 0.3 is 5.97 Å². The third-order valence-corrected chi connectivity index (χ3v) is 5.02. The molecule has 0 aliphatic carbocycles. The molecule has 0 unspecified atom stereocenters. The molecule has 0 aliphatic heterocycles. The van der Waals surface area contributed by atoms with E-state index in [1.54, 1.807) is 35.1 Å². The van der Waals surface area contributed by atoms with Gasteiger partial charge in [-0.3, -0.25) is 0 Å². The lowest BCUT2D eigenvalue weighted by Gasteiger charge is -2.03. The number of carbonyl (C=O) groups is 1. The van der Waals surface area contributed by atoms with Gasteiger partial charge in [-0.2, -0.15) is 5.10 Å². The summed E-state index contributed by atoms with van der Waals surface area (Å²) in [6.07, 6.45) is 3.27. The standard InChI is InChI=1S/C14H9FN2O2.C10H13NSi/c15-9-4-6-10(7-5-9)17-13-3-1-2-11(14(18)19)12(13)8-16-17;1-12(2,3)9-7-10-6-4-5-8-11-10/h1-8H,(H,18,19);4-6,8H,1-3H3. The van der Waals surface area contributed by atoms with Crippen LogP contribution in [0.5, 0.6) is 0 Å². The van der Waals surface area contributed by atoms with Gasteiger partial charge in [0.25, 0.3) is 0 Å². The third-order valence-electron chi connectivity index (χ3n) is 4.15. The normalized spacial score (nSPS) is 10.6. The maximum absolute atomic E-state index is 12.9. The highest BCUT2D eigenvalue weighted by Crippen LogP contribution is 2.21. The Hall–Kier alpha value is -3.76. The van der Waals surface area contributed by atoms with Gasteiger partial charge in [-0.25, -0.2) is 18.9 Å². The number of benzene rings is 2. The number of hydrogen-bond acceptors (Lipinski definition) is 3. The van der Waals surface area contributed by atoms with E-state index in [0.29, 0.717) is 16.6 Å². The van der Waals surface area contributed by atoms with E-state index >= 15 is 0 Å². The molecule has 0 saturated carbocycles. The van der Waals surface area contributed by atoms with Crippen LogP contribution >= 0.6 is 0 Å². The molecule has 0 fully saturated rings. The first-order valence-electron chi connectivity index (χ1n) is 9.65. The predicted octanol–water partition coefficient (Wildman–Crippen LogP) is 5.17. The van der Waals surface area contributed by atoms with Crippen LogP contribution in [0.2, 0.25) is 19.6 Å². The smallest absolute Gasteiger partial charge is 0.336 e. The highest BCUT2D eigenvalue weighted by Gasteiger charge is 2.12. The zero-order valence-electron chi connectivity index (χ0n) is 17.5. The first kappa shape index (κ1) is 21.9. The first-order chi connectivity index (χ1) is 14.7. The minimum atomic E-state index is -1.24. The minimum absolute atomic E-state index is 0.200. The van der Waals surface area contributed by atoms with E-state index in [4.69, 9.17) is 5.11 Å². The van der Waals surface area contributed by atoms with Crippen LogP contribution in [-0.4, -0.2) is 33.9 Å². The topological polar surface area (TPSA) is 68.0 Å². The van der Waals surface area contributed by atoms with Crippen molar-refractivity contribution in [3.05, 3.63) is 90.1 Å². The number of aromatic nitrogens is 3. The lowest BCUT2D eigenvalue weighted by Crippen LogP contribution is -2.16. The number of nitrogens with zero attached hydrogens (tertiary/aromatic N) is 3. The Morgan fingerprint density at radius 3 is 2.39 bits per heavy atom. The molecule has 31 heavy (non-hydrogen) atoms. The molecule has 5 nitrogen and oxygen atoms in total. The number of halogens is 1. The van der Waals surface area contributed by atoms with Gasteiger partial charge in [0, 0.05) is 11.6 Å². The highest BCUT2D eigenvalue weighted by atomic mass is 28.3. The van der Waals surface area contributed by atoms with Crippen LogP contribution in [0, 0.1) is 17.3 Å². The van der Waals surface area contributed by atoms with Crippen LogP contribution in [0.3, 0.4) is 0 Å². The van der Waals surface area contributed by atoms with Crippen LogP contribution in [0.25, 0.3) is 16.6 Å². The Labute approximate surface area is 181 Å². The summed E-state index contributed by atoms with van der Waals surface area (Å²) in [4.78, 5) is 15.2. The maximum Gasteiger partial charge on any atom is 0.336 e. The van der Waals surface area contributed by atoms with Crippen LogP contribution in [0.4, 0.5) is 4.39 Å². The van der Waals surface area contributed by atoms with Crippen molar-refractivity contribution in [3.63, 3.8) is 0 Å². The molecule has 156 valence electrons. The average Bonchev–Trinajstić information content (AvgIpc) is 3.18. The first-order valence-corrected chi connectivity index (χ1v) is 13.1. The van der Waals surface area contributed by atoms with Crippen molar-refractivity contribution in [1.29, 1.82) is 0 Å². The Kier molecular flexibility index (Phi) is 6.63. The number of carboxylic acids is 1. The van der Waals surface area contributed by atoms with E-state index in [0.717, 1.165) is 5.69 Å². The quantitative estimate of drug-likeness (QED) is 0.351. The summed E-state index contributed by atoms with van der Waals surface area (Å²) in [5.41, 5.74) is 5.69. The number of aromatic carboxylic acids is 1. The molecule has 0 amide bonds. The summed E-state index contributed by atoms with van der Waals surface area (Å²) in [6, 6.07) is 16.6. The predicted molar refractivity (Wildman–Crippen MR) is 122 cm³/mol. The largest absolute Gasteiger partial charge is 0.478 e. The van der Waals surface area contributed by atoms with Crippen molar-refractivity contribution in [2.75, 3.05) is 0 Å². The van der Waals surface area contributed by atoms with Crippen molar-refractivity contribution >= 4 is 24.9 Å². The van der Waals surface area contributed by atoms with Gasteiger partial charge in [-0.1, -0.05) is 37.7 Å². The molecule has 0 spiro atoms. The van der Waals surface area contributed by atoms with E-state index in [2.05, 4.69) is 41.2 Å². The van der Waals surface area contributed by atoms with Crippen molar-refractivity contribution in [2.45, 2.75) is 19.6 Å². The Bertz CT molecular complexity index is 1250. The summed E-state index contributed by atoms with van der Waals surface area (Å²) in [5, 5.41) is 13.8. The number of pyridine rings is 1. The molecule has 0 atom stereocenters. The van der Waals surface area contributed by atoms with Crippen molar-refractivity contribution < 1.29 is 14.3 Å². The van der Waals surface area contributed by atoms with Gasteiger partial charge < -0.3 is 5.11 Å². The highest BCUT2D eigenvalue weighted by molar-refractivity contribution is 6.83. The second kappa shape index (κ2) is 9.37. The summed E-state index contributed by atoms with van der Waals surface area (Å²) >= 11 is 0. The molecule has 2 heterocycles. The SMILES string of the molecule is C[Si](C)(C)C#Cc1ccccn1.O=C(O)c1cccc2c1cnn2-c1ccc(F)cc1. The monoisotopic (exact) mass is 431 g/mol. The van der Waals surface area contributed by atoms with Crippen LogP contribution in [-0.2, 0) is 0 Å². The second-order valence-electron chi connectivity index (χ2n) is 7.79. The molecule has 0 bridgehead atoms. The molecule has 4 rings (SSSR count). The van der Waals surface area contributed by atoms with Crippen molar-refractivity contribution in [1.82, 2.24) is 14.8 Å². The number of fused-ring (bicyclic) bond motifs is 1. The Morgan fingerprint density at radius 1 is 1.03 bits per heavy atom. The average molecular weight is 432 g/mol. The van der Waals surface area contributed by atoms with E-state index in [1.807, 2.05) is 18.2 Å². The van der Waals surface area contributed by atoms with Gasteiger partial charge in [-0.05, 0) is 48.5 Å². The molecule has 1 N–H and O–H groups in total. The van der Waals surface area contributed by atoms with Gasteiger partial charge in [0.15, 0.2) is 0 Å². The Morgan fingerprint density at radius 2 is 1.77 bits per heavy atom. The van der Waals surface area contributed by atoms with Gasteiger partial charge in [0.1, 0.15) is 19.6 Å². The molecular formula is C24H22FN3O2Si. The molecule has 0 aliphatic rings. The lowest BCUT2D eigenvalue weighted by atomic mass is 10.1. The molecule has 2 aromatic heterocycles. The summed E-state index contributed by atoms with van der Waals surface area (Å²) in [6.45, 7) is 6.68. The lowest BCUT2D eigenvalue weighted by molar-refractivity contribution is 0.0699. The fourth-order valence-corrected chi connectivity index (χ4v) is 3.22. The van der Waals surface area contributed by atoms with Crippen LogP contribution in [0.15, 0.2) is 73.1 Å². The molecule has 0 radical (unpaired) electrons. The summed E-state index contributed by atoms with van der Waals surface area (Å²) in [7, 11) is -1.24. The fraction of sp³-hybridized carbons (Fsp3) is 0.125. The van der Waals surface area contributed by atoms with Crippen molar-refractivity contribution in [3.8, 4) is 17.2 Å². The number of carboxylic acid groups (broad SMARTS) is 1. The molecule has 0 saturated heterocycles. The molecular weight excluding hydrogens is 409 g/mol. The fourth-order valence-electron chi connectivity index (χ4n) is 2.71. The molecule has 4 aromatic rings. The summed E-state index contributed by atoms with van der Waals surface area (Å²) < 4.78 is 14.5. The third kappa shape index (κ3) is 5.87. The zero-order chi connectivity index (χ0) is 22.4. The summed E-state index contributed by atoms with van der Waals surface area (Å²) in [5.74, 6) is 1.76. The van der Waals surface area contributed by atoms with Gasteiger partial charge in [-0.15, -0.1) is 5.54 Å². The molecule has 7 heteroatoms. The van der Waals surface area contributed by atoms with E-state index in [1.165, 1.54) is 24.4 Å². The molecule has 2 aromatic carbocycles. The number of rotatable bonds is 2. The zero-order valence-corrected chi connectivity index (χ0v) is 18.5. The van der Waals surface area contributed by atoms with E-state index in [-0.39, 0.29) is 11.4 Å². The maximum atomic E-state index is 12.9. The van der Waals surface area contributed by atoms with Crippen molar-refractivity contribution in [2.24, 2.45) is 0 Å².